The molecule has 2 aliphatic rings. The second kappa shape index (κ2) is 14.0. The topological polar surface area (TPSA) is 46.6 Å². The number of methoxy groups -OCH3 is 1. The van der Waals surface area contributed by atoms with E-state index in [9.17, 15) is 0 Å². The van der Waals surface area contributed by atoms with Gasteiger partial charge in [-0.2, -0.15) is 0 Å². The molecule has 0 bridgehead atoms. The third-order valence-electron chi connectivity index (χ3n) is 6.04. The monoisotopic (exact) mass is 544 g/mol. The lowest BCUT2D eigenvalue weighted by Crippen LogP contribution is -2.52. The van der Waals surface area contributed by atoms with Crippen LogP contribution in [0, 0.1) is 0 Å². The van der Waals surface area contributed by atoms with Crippen LogP contribution < -0.4 is 15.0 Å². The molecule has 31 heavy (non-hydrogen) atoms. The highest BCUT2D eigenvalue weighted by Gasteiger charge is 2.20. The van der Waals surface area contributed by atoms with Gasteiger partial charge in [0, 0.05) is 64.1 Å². The van der Waals surface area contributed by atoms with E-state index in [0.717, 1.165) is 63.9 Å². The molecule has 1 aromatic carbocycles. The lowest BCUT2D eigenvalue weighted by Gasteiger charge is -2.37. The highest BCUT2D eigenvalue weighted by atomic mass is 127. The van der Waals surface area contributed by atoms with E-state index in [-0.39, 0.29) is 24.0 Å². The Labute approximate surface area is 205 Å². The molecule has 1 aromatic rings. The van der Waals surface area contributed by atoms with E-state index in [0.29, 0.717) is 0 Å². The van der Waals surface area contributed by atoms with Crippen LogP contribution >= 0.6 is 24.0 Å². The van der Waals surface area contributed by atoms with Crippen LogP contribution in [-0.4, -0.2) is 107 Å². The number of nitrogens with one attached hydrogen (secondary N) is 1. The minimum Gasteiger partial charge on any atom is -0.497 e. The fourth-order valence-corrected chi connectivity index (χ4v) is 4.21. The van der Waals surface area contributed by atoms with E-state index in [1.54, 1.807) is 7.11 Å². The fraction of sp³-hybridized carbons (Fsp3) is 0.696. The lowest BCUT2D eigenvalue weighted by molar-refractivity contribution is 0.274. The lowest BCUT2D eigenvalue weighted by atomic mass is 10.2. The number of guanidine groups is 1. The van der Waals surface area contributed by atoms with E-state index in [1.165, 1.54) is 38.3 Å². The van der Waals surface area contributed by atoms with Crippen molar-refractivity contribution in [2.45, 2.75) is 19.8 Å². The van der Waals surface area contributed by atoms with Crippen LogP contribution in [0.5, 0.6) is 5.75 Å². The molecule has 0 spiro atoms. The first-order valence-electron chi connectivity index (χ1n) is 11.5. The molecule has 0 unspecified atom stereocenters. The molecule has 2 aliphatic heterocycles. The number of aliphatic imine (C=N–C) groups is 1. The van der Waals surface area contributed by atoms with E-state index < -0.39 is 0 Å². The molecular weight excluding hydrogens is 503 g/mol. The number of likely N-dealkylation sites (N-methyl/N-ethyl adjacent to an activating group) is 1. The van der Waals surface area contributed by atoms with Crippen molar-refractivity contribution in [1.29, 1.82) is 0 Å². The Bertz CT molecular complexity index is 665. The van der Waals surface area contributed by atoms with Crippen molar-refractivity contribution in [3.05, 3.63) is 24.3 Å². The maximum Gasteiger partial charge on any atom is 0.194 e. The van der Waals surface area contributed by atoms with Crippen LogP contribution in [0.15, 0.2) is 29.3 Å². The van der Waals surface area contributed by atoms with Crippen LogP contribution in [0.3, 0.4) is 0 Å². The predicted molar refractivity (Wildman–Crippen MR) is 141 cm³/mol. The number of piperazine rings is 1. The SMILES string of the molecule is CCNC(=NCCCN1CCCN(C)CC1)N1CCN(c2cccc(OC)c2)CC1.I. The summed E-state index contributed by atoms with van der Waals surface area (Å²) < 4.78 is 5.38. The van der Waals surface area contributed by atoms with E-state index in [2.05, 4.69) is 57.1 Å². The molecule has 1 N–H and O–H groups in total. The summed E-state index contributed by atoms with van der Waals surface area (Å²) in [5.74, 6) is 1.99. The number of hydrogen-bond acceptors (Lipinski definition) is 5. The quantitative estimate of drug-likeness (QED) is 0.246. The molecule has 0 radical (unpaired) electrons. The average molecular weight is 545 g/mol. The first kappa shape index (κ1) is 26.0. The van der Waals surface area contributed by atoms with Gasteiger partial charge in [0.15, 0.2) is 5.96 Å². The standard InChI is InChI=1S/C23H40N6O.HI/c1-4-24-23(25-10-6-12-27-13-7-11-26(2)14-15-27)29-18-16-28(17-19-29)21-8-5-9-22(20-21)30-3;/h5,8-9,20H,4,6-7,10-19H2,1-3H3,(H,24,25);1H. The summed E-state index contributed by atoms with van der Waals surface area (Å²) in [7, 11) is 3.95. The first-order valence-corrected chi connectivity index (χ1v) is 11.5. The van der Waals surface area contributed by atoms with E-state index >= 15 is 0 Å². The molecule has 2 saturated heterocycles. The van der Waals surface area contributed by atoms with Gasteiger partial charge in [0.25, 0.3) is 0 Å². The zero-order valence-electron chi connectivity index (χ0n) is 19.6. The zero-order chi connectivity index (χ0) is 21.2. The van der Waals surface area contributed by atoms with Crippen molar-refractivity contribution >= 4 is 35.6 Å². The van der Waals surface area contributed by atoms with Crippen molar-refractivity contribution < 1.29 is 4.74 Å². The summed E-state index contributed by atoms with van der Waals surface area (Å²) in [6.45, 7) is 13.9. The van der Waals surface area contributed by atoms with Gasteiger partial charge in [-0.05, 0) is 58.6 Å². The summed E-state index contributed by atoms with van der Waals surface area (Å²) in [5, 5.41) is 3.50. The second-order valence-electron chi connectivity index (χ2n) is 8.26. The molecule has 176 valence electrons. The molecule has 0 aromatic heterocycles. The van der Waals surface area contributed by atoms with Gasteiger partial charge in [0.1, 0.15) is 5.75 Å². The van der Waals surface area contributed by atoms with Crippen molar-refractivity contribution in [3.8, 4) is 5.75 Å². The number of benzene rings is 1. The predicted octanol–water partition coefficient (Wildman–Crippen LogP) is 2.43. The molecule has 7 nitrogen and oxygen atoms in total. The summed E-state index contributed by atoms with van der Waals surface area (Å²) in [6, 6.07) is 8.35. The maximum atomic E-state index is 5.38. The number of anilines is 1. The van der Waals surface area contributed by atoms with Crippen LogP contribution in [-0.2, 0) is 0 Å². The highest BCUT2D eigenvalue weighted by molar-refractivity contribution is 14.0. The Morgan fingerprint density at radius 1 is 1.06 bits per heavy atom. The van der Waals surface area contributed by atoms with Gasteiger partial charge < -0.3 is 29.7 Å². The molecule has 2 fully saturated rings. The van der Waals surface area contributed by atoms with Crippen LogP contribution in [0.4, 0.5) is 5.69 Å². The van der Waals surface area contributed by atoms with Gasteiger partial charge in [0.05, 0.1) is 7.11 Å². The Hall–Kier alpha value is -1.26. The minimum absolute atomic E-state index is 0. The Morgan fingerprint density at radius 3 is 2.61 bits per heavy atom. The normalized spacial score (nSPS) is 19.0. The Morgan fingerprint density at radius 2 is 1.87 bits per heavy atom. The van der Waals surface area contributed by atoms with Crippen LogP contribution in [0.1, 0.15) is 19.8 Å². The molecule has 0 atom stereocenters. The van der Waals surface area contributed by atoms with Gasteiger partial charge >= 0.3 is 0 Å². The van der Waals surface area contributed by atoms with Gasteiger partial charge in [-0.3, -0.25) is 4.99 Å². The number of ether oxygens (including phenoxy) is 1. The van der Waals surface area contributed by atoms with E-state index in [4.69, 9.17) is 9.73 Å². The summed E-state index contributed by atoms with van der Waals surface area (Å²) in [6.07, 6.45) is 2.41. The molecule has 0 saturated carbocycles. The molecule has 8 heteroatoms. The Kier molecular flexibility index (Phi) is 11.7. The number of hydrogen-bond donors (Lipinski definition) is 1. The number of nitrogens with zero attached hydrogens (tertiary/aromatic N) is 5. The third kappa shape index (κ3) is 8.31. The van der Waals surface area contributed by atoms with Gasteiger partial charge in [-0.15, -0.1) is 24.0 Å². The van der Waals surface area contributed by atoms with Crippen LogP contribution in [0.2, 0.25) is 0 Å². The highest BCUT2D eigenvalue weighted by Crippen LogP contribution is 2.22. The summed E-state index contributed by atoms with van der Waals surface area (Å²) in [5.41, 5.74) is 1.24. The van der Waals surface area contributed by atoms with Crippen molar-refractivity contribution in [2.24, 2.45) is 4.99 Å². The summed E-state index contributed by atoms with van der Waals surface area (Å²) in [4.78, 5) is 14.8. The smallest absolute Gasteiger partial charge is 0.194 e. The van der Waals surface area contributed by atoms with Crippen molar-refractivity contribution in [2.75, 3.05) is 91.0 Å². The van der Waals surface area contributed by atoms with Gasteiger partial charge in [-0.25, -0.2) is 0 Å². The second-order valence-corrected chi connectivity index (χ2v) is 8.26. The van der Waals surface area contributed by atoms with Gasteiger partial charge in [0.2, 0.25) is 0 Å². The van der Waals surface area contributed by atoms with Gasteiger partial charge in [-0.1, -0.05) is 6.07 Å². The fourth-order valence-electron chi connectivity index (χ4n) is 4.21. The molecule has 3 rings (SSSR count). The van der Waals surface area contributed by atoms with E-state index in [1.807, 2.05) is 6.07 Å². The van der Waals surface area contributed by atoms with Crippen molar-refractivity contribution in [3.63, 3.8) is 0 Å². The minimum atomic E-state index is 0. The number of rotatable bonds is 7. The number of halogens is 1. The van der Waals surface area contributed by atoms with Crippen LogP contribution in [0.25, 0.3) is 0 Å². The average Bonchev–Trinajstić information content (AvgIpc) is 3.00. The zero-order valence-corrected chi connectivity index (χ0v) is 21.9. The summed E-state index contributed by atoms with van der Waals surface area (Å²) >= 11 is 0. The van der Waals surface area contributed by atoms with Crippen molar-refractivity contribution in [1.82, 2.24) is 20.0 Å². The molecule has 0 aliphatic carbocycles. The first-order chi connectivity index (χ1) is 14.7. The largest absolute Gasteiger partial charge is 0.497 e. The molecule has 0 amide bonds. The molecular formula is C23H41IN6O. The Balaban J connectivity index is 0.00000341. The maximum absolute atomic E-state index is 5.38. The third-order valence-corrected chi connectivity index (χ3v) is 6.04. The molecule has 2 heterocycles.